The molecular weight excluding hydrogens is 584 g/mol. The lowest BCUT2D eigenvalue weighted by Gasteiger charge is -2.35. The Bertz CT molecular complexity index is 1840. The molecule has 0 radical (unpaired) electrons. The number of hydrogen-bond donors (Lipinski definition) is 1. The van der Waals surface area contributed by atoms with Gasteiger partial charge in [-0.05, 0) is 23.8 Å². The van der Waals surface area contributed by atoms with Crippen molar-refractivity contribution < 1.29 is 17.4 Å². The Kier molecular flexibility index (Phi) is 9.49. The maximum absolute atomic E-state index is 14.0. The van der Waals surface area contributed by atoms with Crippen molar-refractivity contribution in [3.05, 3.63) is 132 Å². The van der Waals surface area contributed by atoms with Gasteiger partial charge < -0.3 is 9.50 Å². The van der Waals surface area contributed by atoms with Crippen LogP contribution < -0.4 is 9.50 Å². The highest BCUT2D eigenvalue weighted by molar-refractivity contribution is 7.87. The number of hydrogen-bond acceptors (Lipinski definition) is 7. The molecule has 6 rings (SSSR count). The van der Waals surface area contributed by atoms with Gasteiger partial charge in [0.2, 0.25) is 0 Å². The molecule has 9 heteroatoms. The van der Waals surface area contributed by atoms with E-state index in [4.69, 9.17) is 9.17 Å². The topological polar surface area (TPSA) is 91.8 Å². The van der Waals surface area contributed by atoms with Crippen LogP contribution in [0.5, 0.6) is 5.75 Å². The number of carbonyl (C=O) groups excluding carboxylic acids is 1. The van der Waals surface area contributed by atoms with E-state index in [2.05, 4.69) is 15.1 Å². The lowest BCUT2D eigenvalue weighted by atomic mass is 9.95. The lowest BCUT2D eigenvalue weighted by Crippen LogP contribution is -2.47. The fourth-order valence-corrected chi connectivity index (χ4v) is 6.64. The summed E-state index contributed by atoms with van der Waals surface area (Å²) in [6.45, 7) is 4.22. The van der Waals surface area contributed by atoms with Gasteiger partial charge in [0.15, 0.2) is 0 Å². The zero-order valence-electron chi connectivity index (χ0n) is 25.0. The number of para-hydroxylation sites is 2. The van der Waals surface area contributed by atoms with Gasteiger partial charge in [0, 0.05) is 62.3 Å². The monoisotopic (exact) mass is 620 g/mol. The van der Waals surface area contributed by atoms with Crippen LogP contribution in [0.25, 0.3) is 22.2 Å². The smallest absolute Gasteiger partial charge is 0.310 e. The predicted octanol–water partition coefficient (Wildman–Crippen LogP) is 5.36. The fraction of sp³-hybridized carbons (Fsp3) is 0.222. The van der Waals surface area contributed by atoms with E-state index in [9.17, 15) is 13.2 Å². The number of aromatic nitrogens is 1. The van der Waals surface area contributed by atoms with Crippen LogP contribution in [0.1, 0.15) is 21.5 Å². The predicted molar refractivity (Wildman–Crippen MR) is 177 cm³/mol. The molecule has 1 fully saturated rings. The fourth-order valence-electron chi connectivity index (χ4n) is 5.67. The SMILES string of the molecule is O=C(NCc1ccccc1)c1c(CN2CCN(CCS(=O)(=O)Oc3ccccc3)CC2)c(-c2ccccc2)nc2ccccc12. The Morgan fingerprint density at radius 2 is 1.36 bits per heavy atom. The van der Waals surface area contributed by atoms with Crippen molar-refractivity contribution in [3.8, 4) is 17.0 Å². The Hall–Kier alpha value is -4.57. The van der Waals surface area contributed by atoms with Crippen molar-refractivity contribution in [1.29, 1.82) is 0 Å². The number of fused-ring (bicyclic) bond motifs is 1. The molecule has 0 atom stereocenters. The lowest BCUT2D eigenvalue weighted by molar-refractivity contribution is 0.0948. The van der Waals surface area contributed by atoms with Crippen LogP contribution in [0.15, 0.2) is 115 Å². The molecule has 45 heavy (non-hydrogen) atoms. The highest BCUT2D eigenvalue weighted by atomic mass is 32.2. The molecule has 230 valence electrons. The minimum atomic E-state index is -3.70. The first-order chi connectivity index (χ1) is 21.9. The molecule has 1 saturated heterocycles. The number of nitrogens with zero attached hydrogens (tertiary/aromatic N) is 3. The first-order valence-corrected chi connectivity index (χ1v) is 16.7. The van der Waals surface area contributed by atoms with Crippen molar-refractivity contribution >= 4 is 26.9 Å². The van der Waals surface area contributed by atoms with Crippen molar-refractivity contribution in [1.82, 2.24) is 20.1 Å². The van der Waals surface area contributed by atoms with Crippen LogP contribution in [-0.2, 0) is 23.2 Å². The summed E-state index contributed by atoms with van der Waals surface area (Å²) < 4.78 is 30.4. The van der Waals surface area contributed by atoms with Gasteiger partial charge >= 0.3 is 10.1 Å². The number of pyridine rings is 1. The minimum Gasteiger partial charge on any atom is -0.382 e. The van der Waals surface area contributed by atoms with Crippen LogP contribution in [0.4, 0.5) is 0 Å². The number of carbonyl (C=O) groups is 1. The zero-order chi connectivity index (χ0) is 31.1. The largest absolute Gasteiger partial charge is 0.382 e. The van der Waals surface area contributed by atoms with Crippen molar-refractivity contribution in [2.75, 3.05) is 38.5 Å². The molecule has 2 heterocycles. The first kappa shape index (κ1) is 30.5. The molecule has 5 aromatic rings. The molecule has 1 aliphatic heterocycles. The summed E-state index contributed by atoms with van der Waals surface area (Å²) in [5, 5.41) is 3.98. The van der Waals surface area contributed by atoms with E-state index < -0.39 is 10.1 Å². The molecule has 0 unspecified atom stereocenters. The van der Waals surface area contributed by atoms with Crippen molar-refractivity contribution in [3.63, 3.8) is 0 Å². The van der Waals surface area contributed by atoms with E-state index in [0.29, 0.717) is 44.0 Å². The van der Waals surface area contributed by atoms with Gasteiger partial charge in [-0.1, -0.05) is 97.1 Å². The second-order valence-corrected chi connectivity index (χ2v) is 12.8. The first-order valence-electron chi connectivity index (χ1n) is 15.2. The van der Waals surface area contributed by atoms with Crippen molar-refractivity contribution in [2.24, 2.45) is 0 Å². The van der Waals surface area contributed by atoms with E-state index in [1.165, 1.54) is 0 Å². The molecule has 1 aliphatic rings. The van der Waals surface area contributed by atoms with Gasteiger partial charge in [-0.3, -0.25) is 14.6 Å². The number of rotatable bonds is 11. The van der Waals surface area contributed by atoms with E-state index in [-0.39, 0.29) is 11.7 Å². The van der Waals surface area contributed by atoms with Gasteiger partial charge in [-0.2, -0.15) is 8.42 Å². The number of amides is 1. The van der Waals surface area contributed by atoms with Crippen LogP contribution in [0.3, 0.4) is 0 Å². The number of piperazine rings is 1. The third-order valence-corrected chi connectivity index (χ3v) is 9.16. The second kappa shape index (κ2) is 14.0. The maximum Gasteiger partial charge on any atom is 0.310 e. The van der Waals surface area contributed by atoms with Gasteiger partial charge in [0.05, 0.1) is 22.5 Å². The van der Waals surface area contributed by atoms with Crippen LogP contribution in [0, 0.1) is 0 Å². The molecule has 1 N–H and O–H groups in total. The molecular formula is C36H36N4O4S. The third kappa shape index (κ3) is 7.75. The summed E-state index contributed by atoms with van der Waals surface area (Å²) in [5.74, 6) is 0.108. The quantitative estimate of drug-likeness (QED) is 0.199. The Labute approximate surface area is 264 Å². The minimum absolute atomic E-state index is 0.0830. The molecule has 0 spiro atoms. The molecule has 4 aromatic carbocycles. The molecule has 0 bridgehead atoms. The van der Waals surface area contributed by atoms with Gasteiger partial charge in [-0.25, -0.2) is 4.98 Å². The summed E-state index contributed by atoms with van der Waals surface area (Å²) in [6, 6.07) is 36.3. The summed E-state index contributed by atoms with van der Waals surface area (Å²) in [6.07, 6.45) is 0. The molecule has 8 nitrogen and oxygen atoms in total. The summed E-state index contributed by atoms with van der Waals surface area (Å²) in [5.41, 5.74) is 5.08. The van der Waals surface area contributed by atoms with Crippen LogP contribution in [0.2, 0.25) is 0 Å². The van der Waals surface area contributed by atoms with Gasteiger partial charge in [0.1, 0.15) is 5.75 Å². The van der Waals surface area contributed by atoms with E-state index in [0.717, 1.165) is 46.4 Å². The van der Waals surface area contributed by atoms with Crippen LogP contribution >= 0.6 is 0 Å². The molecule has 1 amide bonds. The van der Waals surface area contributed by atoms with Gasteiger partial charge in [0.25, 0.3) is 5.91 Å². The number of nitrogens with one attached hydrogen (secondary N) is 1. The third-order valence-electron chi connectivity index (χ3n) is 8.03. The average molecular weight is 621 g/mol. The highest BCUT2D eigenvalue weighted by Gasteiger charge is 2.26. The van der Waals surface area contributed by atoms with Crippen LogP contribution in [-0.4, -0.2) is 67.6 Å². The average Bonchev–Trinajstić information content (AvgIpc) is 3.08. The second-order valence-electron chi connectivity index (χ2n) is 11.1. The summed E-state index contributed by atoms with van der Waals surface area (Å²) in [4.78, 5) is 23.5. The molecule has 0 aliphatic carbocycles. The van der Waals surface area contributed by atoms with Crippen molar-refractivity contribution in [2.45, 2.75) is 13.1 Å². The van der Waals surface area contributed by atoms with E-state index in [1.807, 2.05) is 91.0 Å². The van der Waals surface area contributed by atoms with E-state index >= 15 is 0 Å². The molecule has 1 aromatic heterocycles. The normalized spacial score (nSPS) is 14.3. The summed E-state index contributed by atoms with van der Waals surface area (Å²) >= 11 is 0. The standard InChI is InChI=1S/C36H36N4O4S/c41-36(37-26-28-12-4-1-5-13-28)34-31-18-10-11-19-33(31)38-35(29-14-6-2-7-15-29)32(34)27-40-22-20-39(21-23-40)24-25-45(42,43)44-30-16-8-3-9-17-30/h1-19H,20-27H2,(H,37,41). The Morgan fingerprint density at radius 3 is 2.07 bits per heavy atom. The highest BCUT2D eigenvalue weighted by Crippen LogP contribution is 2.32. The Morgan fingerprint density at radius 1 is 0.756 bits per heavy atom. The zero-order valence-corrected chi connectivity index (χ0v) is 25.8. The summed E-state index contributed by atoms with van der Waals surface area (Å²) in [7, 11) is -3.70. The molecule has 0 saturated carbocycles. The van der Waals surface area contributed by atoms with E-state index in [1.54, 1.807) is 24.3 Å². The Balaban J connectivity index is 1.22. The maximum atomic E-state index is 14.0. The number of benzene rings is 4. The van der Waals surface area contributed by atoms with Gasteiger partial charge in [-0.15, -0.1) is 0 Å².